The van der Waals surface area contributed by atoms with Gasteiger partial charge in [-0.2, -0.15) is 0 Å². The predicted octanol–water partition coefficient (Wildman–Crippen LogP) is 0.775. The van der Waals surface area contributed by atoms with Crippen molar-refractivity contribution in [1.29, 1.82) is 0 Å². The van der Waals surface area contributed by atoms with E-state index in [1.54, 1.807) is 13.0 Å². The highest BCUT2D eigenvalue weighted by Crippen LogP contribution is 2.14. The number of hydrogen-bond acceptors (Lipinski definition) is 4. The van der Waals surface area contributed by atoms with E-state index in [1.807, 2.05) is 0 Å². The molecule has 1 saturated heterocycles. The molecule has 1 aromatic heterocycles. The van der Waals surface area contributed by atoms with E-state index in [2.05, 4.69) is 5.32 Å². The summed E-state index contributed by atoms with van der Waals surface area (Å²) < 4.78 is 10.2. The Hall–Kier alpha value is -1.33. The van der Waals surface area contributed by atoms with Gasteiger partial charge in [-0.05, 0) is 13.0 Å². The first-order valence-corrected chi connectivity index (χ1v) is 4.80. The van der Waals surface area contributed by atoms with Gasteiger partial charge in [-0.3, -0.25) is 0 Å². The van der Waals surface area contributed by atoms with Crippen LogP contribution in [0.25, 0.3) is 0 Å². The van der Waals surface area contributed by atoms with Gasteiger partial charge in [-0.1, -0.05) is 0 Å². The largest absolute Gasteiger partial charge is 0.475 e. The molecule has 2 rings (SSSR count). The number of furan rings is 1. The lowest BCUT2D eigenvalue weighted by molar-refractivity contribution is -0.00647. The predicted molar refractivity (Wildman–Crippen MR) is 51.9 cm³/mol. The molecule has 2 heterocycles. The summed E-state index contributed by atoms with van der Waals surface area (Å²) in [7, 11) is 0. The highest BCUT2D eigenvalue weighted by Gasteiger charge is 2.19. The van der Waals surface area contributed by atoms with Gasteiger partial charge in [0, 0.05) is 5.56 Å². The fourth-order valence-corrected chi connectivity index (χ4v) is 1.45. The Bertz CT molecular complexity index is 367. The minimum absolute atomic E-state index is 0.0247. The highest BCUT2D eigenvalue weighted by atomic mass is 16.5. The van der Waals surface area contributed by atoms with Crippen molar-refractivity contribution in [2.75, 3.05) is 13.2 Å². The summed E-state index contributed by atoms with van der Waals surface area (Å²) in [6.45, 7) is 3.70. The summed E-state index contributed by atoms with van der Waals surface area (Å²) in [5, 5.41) is 12.0. The van der Waals surface area contributed by atoms with Crippen molar-refractivity contribution in [3.63, 3.8) is 0 Å². The standard InChI is InChI=1S/C10H13NO4/c1-6-2-8(15-9(6)10(12)13)3-11-7-4-14-5-7/h2,7,11H,3-5H2,1H3,(H,12,13). The van der Waals surface area contributed by atoms with E-state index in [0.717, 1.165) is 0 Å². The molecule has 0 atom stereocenters. The molecule has 5 nitrogen and oxygen atoms in total. The van der Waals surface area contributed by atoms with Crippen LogP contribution in [0.3, 0.4) is 0 Å². The van der Waals surface area contributed by atoms with Gasteiger partial charge in [0.2, 0.25) is 5.76 Å². The molecule has 1 aromatic rings. The van der Waals surface area contributed by atoms with Crippen LogP contribution in [0.5, 0.6) is 0 Å². The van der Waals surface area contributed by atoms with E-state index in [-0.39, 0.29) is 5.76 Å². The summed E-state index contributed by atoms with van der Waals surface area (Å²) >= 11 is 0. The molecule has 82 valence electrons. The van der Waals surface area contributed by atoms with Gasteiger partial charge in [0.15, 0.2) is 0 Å². The van der Waals surface area contributed by atoms with Crippen LogP contribution in [-0.2, 0) is 11.3 Å². The highest BCUT2D eigenvalue weighted by molar-refractivity contribution is 5.86. The molecule has 0 aliphatic carbocycles. The summed E-state index contributed by atoms with van der Waals surface area (Å²) in [5.41, 5.74) is 0.657. The molecule has 0 radical (unpaired) electrons. The summed E-state index contributed by atoms with van der Waals surface area (Å²) in [4.78, 5) is 10.7. The number of nitrogens with one attached hydrogen (secondary N) is 1. The molecule has 2 N–H and O–H groups in total. The molecule has 0 amide bonds. The average Bonchev–Trinajstić information content (AvgIpc) is 2.44. The van der Waals surface area contributed by atoms with Crippen LogP contribution in [0.1, 0.15) is 21.9 Å². The van der Waals surface area contributed by atoms with E-state index in [9.17, 15) is 4.79 Å². The van der Waals surface area contributed by atoms with Gasteiger partial charge in [0.1, 0.15) is 5.76 Å². The number of hydrogen-bond donors (Lipinski definition) is 2. The minimum Gasteiger partial charge on any atom is -0.475 e. The Balaban J connectivity index is 1.96. The van der Waals surface area contributed by atoms with Crippen molar-refractivity contribution in [3.05, 3.63) is 23.2 Å². The van der Waals surface area contributed by atoms with Gasteiger partial charge >= 0.3 is 5.97 Å². The molecule has 1 aliphatic heterocycles. The number of aryl methyl sites for hydroxylation is 1. The molecule has 0 bridgehead atoms. The molecule has 5 heteroatoms. The molecule has 1 fully saturated rings. The Labute approximate surface area is 87.0 Å². The van der Waals surface area contributed by atoms with Crippen molar-refractivity contribution in [3.8, 4) is 0 Å². The molecule has 0 unspecified atom stereocenters. The van der Waals surface area contributed by atoms with E-state index in [1.165, 1.54) is 0 Å². The quantitative estimate of drug-likeness (QED) is 0.769. The van der Waals surface area contributed by atoms with E-state index in [4.69, 9.17) is 14.3 Å². The summed E-state index contributed by atoms with van der Waals surface area (Å²) in [5.74, 6) is -0.348. The fraction of sp³-hybridized carbons (Fsp3) is 0.500. The minimum atomic E-state index is -1.02. The zero-order valence-corrected chi connectivity index (χ0v) is 8.45. The molecular formula is C10H13NO4. The molecule has 1 aliphatic rings. The number of aromatic carboxylic acids is 1. The lowest BCUT2D eigenvalue weighted by Gasteiger charge is -2.26. The third kappa shape index (κ3) is 2.19. The van der Waals surface area contributed by atoms with Crippen LogP contribution in [0.4, 0.5) is 0 Å². The van der Waals surface area contributed by atoms with Crippen LogP contribution >= 0.6 is 0 Å². The van der Waals surface area contributed by atoms with E-state index < -0.39 is 5.97 Å². The van der Waals surface area contributed by atoms with Gasteiger partial charge in [0.25, 0.3) is 0 Å². The van der Waals surface area contributed by atoms with Crippen LogP contribution < -0.4 is 5.32 Å². The summed E-state index contributed by atoms with van der Waals surface area (Å²) in [6.07, 6.45) is 0. The van der Waals surface area contributed by atoms with Gasteiger partial charge in [0.05, 0.1) is 25.8 Å². The maximum absolute atomic E-state index is 10.7. The third-order valence-corrected chi connectivity index (χ3v) is 2.37. The van der Waals surface area contributed by atoms with Crippen molar-refractivity contribution in [1.82, 2.24) is 5.32 Å². The maximum atomic E-state index is 10.7. The van der Waals surface area contributed by atoms with Crippen LogP contribution in [0, 0.1) is 6.92 Å². The molecule has 0 saturated carbocycles. The Morgan fingerprint density at radius 2 is 2.40 bits per heavy atom. The number of rotatable bonds is 4. The first-order valence-electron chi connectivity index (χ1n) is 4.80. The normalized spacial score (nSPS) is 16.3. The van der Waals surface area contributed by atoms with Crippen molar-refractivity contribution in [2.24, 2.45) is 0 Å². The first kappa shape index (κ1) is 10.2. The zero-order valence-electron chi connectivity index (χ0n) is 8.45. The zero-order chi connectivity index (χ0) is 10.8. The Morgan fingerprint density at radius 1 is 1.67 bits per heavy atom. The lowest BCUT2D eigenvalue weighted by Crippen LogP contribution is -2.45. The van der Waals surface area contributed by atoms with Crippen LogP contribution in [0.15, 0.2) is 10.5 Å². The number of carbonyl (C=O) groups is 1. The number of carboxylic acid groups (broad SMARTS) is 1. The number of carboxylic acids is 1. The molecule has 0 spiro atoms. The number of ether oxygens (including phenoxy) is 1. The topological polar surface area (TPSA) is 71.7 Å². The lowest BCUT2D eigenvalue weighted by atomic mass is 10.2. The SMILES string of the molecule is Cc1cc(CNC2COC2)oc1C(=O)O. The van der Waals surface area contributed by atoms with Crippen molar-refractivity contribution >= 4 is 5.97 Å². The monoisotopic (exact) mass is 211 g/mol. The fourth-order valence-electron chi connectivity index (χ4n) is 1.45. The average molecular weight is 211 g/mol. The molecule has 15 heavy (non-hydrogen) atoms. The van der Waals surface area contributed by atoms with Crippen LogP contribution in [-0.4, -0.2) is 30.3 Å². The Morgan fingerprint density at radius 3 is 2.87 bits per heavy atom. The first-order chi connectivity index (χ1) is 7.16. The molecule has 0 aromatic carbocycles. The van der Waals surface area contributed by atoms with Gasteiger partial charge in [-0.15, -0.1) is 0 Å². The smallest absolute Gasteiger partial charge is 0.372 e. The maximum Gasteiger partial charge on any atom is 0.372 e. The molecular weight excluding hydrogens is 198 g/mol. The second-order valence-corrected chi connectivity index (χ2v) is 3.65. The second kappa shape index (κ2) is 4.04. The third-order valence-electron chi connectivity index (χ3n) is 2.37. The Kier molecular flexibility index (Phi) is 2.75. The van der Waals surface area contributed by atoms with E-state index >= 15 is 0 Å². The van der Waals surface area contributed by atoms with Crippen molar-refractivity contribution < 1.29 is 19.1 Å². The van der Waals surface area contributed by atoms with E-state index in [0.29, 0.717) is 37.1 Å². The van der Waals surface area contributed by atoms with Crippen LogP contribution in [0.2, 0.25) is 0 Å². The second-order valence-electron chi connectivity index (χ2n) is 3.65. The van der Waals surface area contributed by atoms with Gasteiger partial charge in [-0.25, -0.2) is 4.79 Å². The van der Waals surface area contributed by atoms with Crippen molar-refractivity contribution in [2.45, 2.75) is 19.5 Å². The summed E-state index contributed by atoms with van der Waals surface area (Å²) in [6, 6.07) is 2.11. The van der Waals surface area contributed by atoms with Gasteiger partial charge < -0.3 is 19.6 Å².